The van der Waals surface area contributed by atoms with Crippen molar-refractivity contribution in [2.45, 2.75) is 12.8 Å². The van der Waals surface area contributed by atoms with E-state index in [4.69, 9.17) is 0 Å². The zero-order valence-corrected chi connectivity index (χ0v) is 11.5. The molecule has 0 aliphatic heterocycles. The Morgan fingerprint density at radius 3 is 2.23 bits per heavy atom. The Bertz CT molecular complexity index is 236. The van der Waals surface area contributed by atoms with Gasteiger partial charge in [0.05, 0.1) is 0 Å². The molecule has 0 aromatic heterocycles. The molecule has 2 atom stereocenters. The summed E-state index contributed by atoms with van der Waals surface area (Å²) in [7, 11) is 0. The van der Waals surface area contributed by atoms with E-state index < -0.39 is 23.8 Å². The quantitative estimate of drug-likeness (QED) is 0.424. The second-order valence-electron chi connectivity index (χ2n) is 2.78. The Morgan fingerprint density at radius 1 is 1.23 bits per heavy atom. The summed E-state index contributed by atoms with van der Waals surface area (Å²) >= 11 is 0. The second kappa shape index (κ2) is 5.87. The van der Waals surface area contributed by atoms with Crippen LogP contribution < -0.4 is 10.2 Å². The van der Waals surface area contributed by atoms with Gasteiger partial charge in [0.15, 0.2) is 0 Å². The molecule has 0 saturated heterocycles. The molecule has 0 amide bonds. The minimum absolute atomic E-state index is 0. The summed E-state index contributed by atoms with van der Waals surface area (Å²) in [5.74, 6) is -4.61. The summed E-state index contributed by atoms with van der Waals surface area (Å²) in [4.78, 5) is 20.8. The maximum Gasteiger partial charge on any atom is 2.00 e. The van der Waals surface area contributed by atoms with E-state index in [1.165, 1.54) is 6.08 Å². The second-order valence-corrected chi connectivity index (χ2v) is 2.78. The van der Waals surface area contributed by atoms with Gasteiger partial charge in [-0.05, 0) is 12.8 Å². The van der Waals surface area contributed by atoms with E-state index in [2.05, 4.69) is 0 Å². The molecule has 0 fully saturated rings. The number of carbonyl (C=O) groups is 2. The molecule has 0 saturated carbocycles. The van der Waals surface area contributed by atoms with Crippen LogP contribution in [0, 0.1) is 11.8 Å². The van der Waals surface area contributed by atoms with E-state index in [1.54, 1.807) is 6.08 Å². The number of carboxylic acids is 2. The molecule has 66 valence electrons. The first kappa shape index (κ1) is 13.3. The molecule has 0 bridgehead atoms. The van der Waals surface area contributed by atoms with Crippen molar-refractivity contribution in [2.75, 3.05) is 0 Å². The summed E-state index contributed by atoms with van der Waals surface area (Å²) < 4.78 is 0. The number of carboxylic acid groups (broad SMARTS) is 2. The SMILES string of the molecule is O=C([O-])C1C=CCCC1C(=O)[O-].[Ba+2]. The maximum atomic E-state index is 10.4. The van der Waals surface area contributed by atoms with Gasteiger partial charge in [-0.3, -0.25) is 0 Å². The molecule has 1 aliphatic carbocycles. The first-order chi connectivity index (χ1) is 5.63. The molecule has 4 nitrogen and oxygen atoms in total. The van der Waals surface area contributed by atoms with Crippen molar-refractivity contribution in [2.24, 2.45) is 11.8 Å². The minimum Gasteiger partial charge on any atom is -0.550 e. The van der Waals surface area contributed by atoms with Gasteiger partial charge in [0.25, 0.3) is 0 Å². The predicted octanol–water partition coefficient (Wildman–Crippen LogP) is -2.31. The molecular formula is C8H8BaO4. The average molecular weight is 305 g/mol. The molecule has 1 aliphatic rings. The first-order valence-electron chi connectivity index (χ1n) is 3.71. The molecule has 0 heterocycles. The molecule has 1 rings (SSSR count). The summed E-state index contributed by atoms with van der Waals surface area (Å²) in [5, 5.41) is 20.8. The standard InChI is InChI=1S/C8H10O4.Ba/c9-7(10)5-3-1-2-4-6(5)8(11)12;/h1,3,5-6H,2,4H2,(H,9,10)(H,11,12);/q;+2/p-2. The molecule has 0 aromatic carbocycles. The molecule has 0 N–H and O–H groups in total. The fourth-order valence-corrected chi connectivity index (χ4v) is 1.34. The molecule has 0 spiro atoms. The van der Waals surface area contributed by atoms with Crippen LogP contribution in [-0.2, 0) is 9.59 Å². The molecule has 5 heteroatoms. The first-order valence-corrected chi connectivity index (χ1v) is 3.71. The van der Waals surface area contributed by atoms with Crippen molar-refractivity contribution >= 4 is 60.8 Å². The van der Waals surface area contributed by atoms with Gasteiger partial charge in [-0.2, -0.15) is 0 Å². The third-order valence-corrected chi connectivity index (χ3v) is 2.00. The van der Waals surface area contributed by atoms with Crippen molar-refractivity contribution in [1.82, 2.24) is 0 Å². The van der Waals surface area contributed by atoms with Crippen LogP contribution in [0.2, 0.25) is 0 Å². The summed E-state index contributed by atoms with van der Waals surface area (Å²) in [6, 6.07) is 0. The van der Waals surface area contributed by atoms with Crippen LogP contribution in [0.3, 0.4) is 0 Å². The number of hydrogen-bond acceptors (Lipinski definition) is 4. The molecule has 0 radical (unpaired) electrons. The van der Waals surface area contributed by atoms with Gasteiger partial charge in [-0.25, -0.2) is 0 Å². The maximum absolute atomic E-state index is 10.4. The van der Waals surface area contributed by atoms with Crippen LogP contribution in [0.25, 0.3) is 0 Å². The number of allylic oxidation sites excluding steroid dienone is 1. The summed E-state index contributed by atoms with van der Waals surface area (Å²) in [6.45, 7) is 0. The van der Waals surface area contributed by atoms with Gasteiger partial charge >= 0.3 is 48.9 Å². The third-order valence-electron chi connectivity index (χ3n) is 2.00. The van der Waals surface area contributed by atoms with E-state index in [0.717, 1.165) is 0 Å². The Hall–Kier alpha value is 0.251. The summed E-state index contributed by atoms with van der Waals surface area (Å²) in [5.41, 5.74) is 0. The van der Waals surface area contributed by atoms with Gasteiger partial charge in [-0.15, -0.1) is 0 Å². The van der Waals surface area contributed by atoms with Gasteiger partial charge in [0, 0.05) is 23.8 Å². The fourth-order valence-electron chi connectivity index (χ4n) is 1.34. The van der Waals surface area contributed by atoms with Gasteiger partial charge in [0.2, 0.25) is 0 Å². The minimum atomic E-state index is -1.35. The Morgan fingerprint density at radius 2 is 1.85 bits per heavy atom. The topological polar surface area (TPSA) is 80.3 Å². The number of hydrogen-bond donors (Lipinski definition) is 0. The van der Waals surface area contributed by atoms with Gasteiger partial charge in [0.1, 0.15) is 0 Å². The zero-order valence-electron chi connectivity index (χ0n) is 7.06. The van der Waals surface area contributed by atoms with Crippen LogP contribution in [0.1, 0.15) is 12.8 Å². The van der Waals surface area contributed by atoms with E-state index in [0.29, 0.717) is 12.8 Å². The average Bonchev–Trinajstić information content (AvgIpc) is 2.04. The van der Waals surface area contributed by atoms with Crippen molar-refractivity contribution in [3.63, 3.8) is 0 Å². The van der Waals surface area contributed by atoms with Crippen molar-refractivity contribution < 1.29 is 19.8 Å². The Kier molecular flexibility index (Phi) is 5.99. The molecule has 2 unspecified atom stereocenters. The van der Waals surface area contributed by atoms with Gasteiger partial charge < -0.3 is 19.8 Å². The van der Waals surface area contributed by atoms with E-state index in [9.17, 15) is 19.8 Å². The number of carbonyl (C=O) groups excluding carboxylic acids is 2. The largest absolute Gasteiger partial charge is 2.00 e. The van der Waals surface area contributed by atoms with Crippen LogP contribution in [0.5, 0.6) is 0 Å². The third kappa shape index (κ3) is 3.47. The van der Waals surface area contributed by atoms with Crippen LogP contribution >= 0.6 is 0 Å². The normalized spacial score (nSPS) is 26.2. The van der Waals surface area contributed by atoms with E-state index in [1.807, 2.05) is 0 Å². The van der Waals surface area contributed by atoms with Gasteiger partial charge in [-0.1, -0.05) is 12.2 Å². The van der Waals surface area contributed by atoms with Crippen molar-refractivity contribution in [3.05, 3.63) is 12.2 Å². The van der Waals surface area contributed by atoms with E-state index >= 15 is 0 Å². The monoisotopic (exact) mass is 306 g/mol. The Balaban J connectivity index is 0.00000144. The van der Waals surface area contributed by atoms with Crippen LogP contribution in [0.4, 0.5) is 0 Å². The Labute approximate surface area is 116 Å². The summed E-state index contributed by atoms with van der Waals surface area (Å²) in [6.07, 6.45) is 3.92. The molecule has 13 heavy (non-hydrogen) atoms. The predicted molar refractivity (Wildman–Crippen MR) is 41.1 cm³/mol. The van der Waals surface area contributed by atoms with Crippen LogP contribution in [-0.4, -0.2) is 60.8 Å². The fraction of sp³-hybridized carbons (Fsp3) is 0.500. The molecular weight excluding hydrogens is 297 g/mol. The number of aliphatic carboxylic acids is 2. The molecule has 0 aromatic rings. The van der Waals surface area contributed by atoms with Crippen molar-refractivity contribution in [3.8, 4) is 0 Å². The van der Waals surface area contributed by atoms with E-state index in [-0.39, 0.29) is 48.9 Å². The smallest absolute Gasteiger partial charge is 0.550 e. The van der Waals surface area contributed by atoms with Crippen LogP contribution in [0.15, 0.2) is 12.2 Å². The van der Waals surface area contributed by atoms with Crippen molar-refractivity contribution in [1.29, 1.82) is 0 Å². The number of rotatable bonds is 2. The zero-order chi connectivity index (χ0) is 9.14.